The molecule has 122 valence electrons. The van der Waals surface area contributed by atoms with Crippen molar-refractivity contribution >= 4 is 34.2 Å². The molecule has 3 rings (SSSR count). The van der Waals surface area contributed by atoms with Crippen LogP contribution >= 0.6 is 12.4 Å². The van der Waals surface area contributed by atoms with E-state index in [0.29, 0.717) is 30.4 Å². The Kier molecular flexibility index (Phi) is 4.93. The zero-order valence-corrected chi connectivity index (χ0v) is 13.6. The van der Waals surface area contributed by atoms with E-state index in [-0.39, 0.29) is 30.1 Å². The monoisotopic (exact) mass is 346 g/mol. The van der Waals surface area contributed by atoms with Crippen molar-refractivity contribution < 1.29 is 13.2 Å². The van der Waals surface area contributed by atoms with Gasteiger partial charge in [-0.25, -0.2) is 8.42 Å². The first-order chi connectivity index (χ1) is 9.94. The standard InChI is InChI=1S/C13H18N4O3S.ClH/c14-11(9-1-2-9)7-15-13(18)10-3-4-12-16-21(19,20)6-5-17(12)8-10;/h3-4,8-9,11H,1-2,5-7,14H2,(H,15,18);1H. The highest BCUT2D eigenvalue weighted by atomic mass is 35.5. The largest absolute Gasteiger partial charge is 0.350 e. The second-order valence-corrected chi connectivity index (χ2v) is 7.31. The summed E-state index contributed by atoms with van der Waals surface area (Å²) in [4.78, 5) is 13.8. The molecule has 9 heteroatoms. The van der Waals surface area contributed by atoms with Gasteiger partial charge < -0.3 is 16.0 Å². The lowest BCUT2D eigenvalue weighted by atomic mass is 10.1. The van der Waals surface area contributed by atoms with Crippen LogP contribution in [0.25, 0.3) is 0 Å². The average Bonchev–Trinajstić information content (AvgIpc) is 3.27. The van der Waals surface area contributed by atoms with E-state index in [4.69, 9.17) is 5.73 Å². The van der Waals surface area contributed by atoms with Crippen molar-refractivity contribution in [3.8, 4) is 0 Å². The topological polar surface area (TPSA) is 105 Å². The quantitative estimate of drug-likeness (QED) is 0.731. The van der Waals surface area contributed by atoms with E-state index in [1.807, 2.05) is 0 Å². The highest BCUT2D eigenvalue weighted by molar-refractivity contribution is 7.90. The third-order valence-electron chi connectivity index (χ3n) is 3.81. The Morgan fingerprint density at radius 3 is 2.86 bits per heavy atom. The van der Waals surface area contributed by atoms with E-state index in [9.17, 15) is 13.2 Å². The van der Waals surface area contributed by atoms with E-state index in [2.05, 4.69) is 9.71 Å². The molecule has 0 bridgehead atoms. The fraction of sp³-hybridized carbons (Fsp3) is 0.538. The van der Waals surface area contributed by atoms with Gasteiger partial charge in [-0.3, -0.25) is 4.79 Å². The number of nitrogens with two attached hydrogens (primary N) is 1. The van der Waals surface area contributed by atoms with Crippen molar-refractivity contribution in [3.05, 3.63) is 23.9 Å². The number of nitrogens with zero attached hydrogens (tertiary/aromatic N) is 2. The summed E-state index contributed by atoms with van der Waals surface area (Å²) in [5.74, 6) is 0.650. The Labute approximate surface area is 135 Å². The summed E-state index contributed by atoms with van der Waals surface area (Å²) in [6.07, 6.45) is 7.04. The second-order valence-electron chi connectivity index (χ2n) is 5.56. The lowest BCUT2D eigenvalue weighted by Crippen LogP contribution is -2.41. The predicted molar refractivity (Wildman–Crippen MR) is 86.1 cm³/mol. The molecule has 1 atom stereocenters. The molecule has 3 aliphatic rings. The van der Waals surface area contributed by atoms with Gasteiger partial charge in [-0.1, -0.05) is 0 Å². The number of hydrogen-bond donors (Lipinski definition) is 2. The van der Waals surface area contributed by atoms with Gasteiger partial charge in [0.25, 0.3) is 15.9 Å². The Bertz CT molecular complexity index is 652. The van der Waals surface area contributed by atoms with Gasteiger partial charge >= 0.3 is 0 Å². The highest BCUT2D eigenvalue weighted by Crippen LogP contribution is 2.31. The van der Waals surface area contributed by atoms with Gasteiger partial charge in [0.1, 0.15) is 5.84 Å². The highest BCUT2D eigenvalue weighted by Gasteiger charge is 2.29. The molecule has 1 saturated carbocycles. The van der Waals surface area contributed by atoms with Crippen LogP contribution in [0.5, 0.6) is 0 Å². The molecule has 7 nitrogen and oxygen atoms in total. The number of halogens is 1. The maximum absolute atomic E-state index is 12.1. The van der Waals surface area contributed by atoms with Crippen LogP contribution in [0, 0.1) is 5.92 Å². The molecule has 1 aliphatic carbocycles. The first kappa shape index (κ1) is 17.0. The first-order valence-electron chi connectivity index (χ1n) is 6.97. The van der Waals surface area contributed by atoms with Gasteiger partial charge in [-0.15, -0.1) is 16.8 Å². The minimum Gasteiger partial charge on any atom is -0.350 e. The Morgan fingerprint density at radius 1 is 1.45 bits per heavy atom. The van der Waals surface area contributed by atoms with Crippen LogP contribution in [0.4, 0.5) is 0 Å². The molecule has 0 saturated heterocycles. The maximum atomic E-state index is 12.1. The third kappa shape index (κ3) is 3.88. The number of rotatable bonds is 4. The summed E-state index contributed by atoms with van der Waals surface area (Å²) in [6.45, 7) is 0.772. The van der Waals surface area contributed by atoms with E-state index < -0.39 is 10.0 Å². The molecular weight excluding hydrogens is 328 g/mol. The van der Waals surface area contributed by atoms with Crippen LogP contribution in [0.15, 0.2) is 28.3 Å². The molecule has 3 N–H and O–H groups in total. The number of nitrogens with one attached hydrogen (secondary N) is 1. The molecule has 2 aliphatic heterocycles. The van der Waals surface area contributed by atoms with Crippen molar-refractivity contribution in [3.63, 3.8) is 0 Å². The predicted octanol–water partition coefficient (Wildman–Crippen LogP) is -0.241. The maximum Gasteiger partial charge on any atom is 0.256 e. The number of fused-ring (bicyclic) bond motifs is 1. The summed E-state index contributed by atoms with van der Waals surface area (Å²) in [5.41, 5.74) is 6.43. The summed E-state index contributed by atoms with van der Waals surface area (Å²) in [6, 6.07) is 0.0133. The fourth-order valence-corrected chi connectivity index (χ4v) is 3.31. The number of carbonyl (C=O) groups is 1. The van der Waals surface area contributed by atoms with Crippen LogP contribution in [0.3, 0.4) is 0 Å². The Morgan fingerprint density at radius 2 is 2.18 bits per heavy atom. The Balaban J connectivity index is 0.00000176. The van der Waals surface area contributed by atoms with Crippen LogP contribution in [-0.2, 0) is 14.8 Å². The van der Waals surface area contributed by atoms with Crippen LogP contribution in [0.1, 0.15) is 12.8 Å². The summed E-state index contributed by atoms with van der Waals surface area (Å²) >= 11 is 0. The van der Waals surface area contributed by atoms with E-state index in [1.54, 1.807) is 23.3 Å². The van der Waals surface area contributed by atoms with E-state index in [1.165, 1.54) is 0 Å². The van der Waals surface area contributed by atoms with Gasteiger partial charge in [0.15, 0.2) is 0 Å². The molecule has 1 unspecified atom stereocenters. The smallest absolute Gasteiger partial charge is 0.256 e. The molecule has 0 spiro atoms. The molecule has 1 amide bonds. The number of carbonyl (C=O) groups excluding carboxylic acids is 1. The normalized spacial score (nSPS) is 23.6. The van der Waals surface area contributed by atoms with Crippen molar-refractivity contribution in [2.45, 2.75) is 18.9 Å². The molecule has 2 heterocycles. The zero-order valence-electron chi connectivity index (χ0n) is 11.9. The SMILES string of the molecule is Cl.NC(CNC(=O)C1=CN2CCS(=O)(=O)N=C2C=C1)C1CC1. The lowest BCUT2D eigenvalue weighted by molar-refractivity contribution is -0.117. The molecule has 0 aromatic heterocycles. The molecule has 0 aromatic rings. The van der Waals surface area contributed by atoms with Crippen molar-refractivity contribution in [2.75, 3.05) is 18.8 Å². The van der Waals surface area contributed by atoms with Gasteiger partial charge in [-0.05, 0) is 30.9 Å². The molecular formula is C13H19ClN4O3S. The number of amides is 1. The van der Waals surface area contributed by atoms with Crippen LogP contribution in [0.2, 0.25) is 0 Å². The van der Waals surface area contributed by atoms with Crippen molar-refractivity contribution in [1.82, 2.24) is 10.2 Å². The first-order valence-corrected chi connectivity index (χ1v) is 8.58. The summed E-state index contributed by atoms with van der Waals surface area (Å²) < 4.78 is 26.5. The minimum absolute atomic E-state index is 0. The van der Waals surface area contributed by atoms with Crippen LogP contribution < -0.4 is 11.1 Å². The second kappa shape index (κ2) is 6.39. The van der Waals surface area contributed by atoms with E-state index in [0.717, 1.165) is 12.8 Å². The van der Waals surface area contributed by atoms with Crippen LogP contribution in [-0.4, -0.2) is 49.9 Å². The average molecular weight is 347 g/mol. The number of amidine groups is 1. The Hall–Kier alpha value is -1.38. The summed E-state index contributed by atoms with van der Waals surface area (Å²) in [5, 5.41) is 2.82. The van der Waals surface area contributed by atoms with Gasteiger partial charge in [0, 0.05) is 25.3 Å². The minimum atomic E-state index is -3.37. The fourth-order valence-electron chi connectivity index (χ4n) is 2.34. The molecule has 22 heavy (non-hydrogen) atoms. The van der Waals surface area contributed by atoms with Gasteiger partial charge in [0.05, 0.1) is 11.3 Å². The zero-order chi connectivity index (χ0) is 15.0. The van der Waals surface area contributed by atoms with Crippen molar-refractivity contribution in [2.24, 2.45) is 16.0 Å². The van der Waals surface area contributed by atoms with Gasteiger partial charge in [-0.2, -0.15) is 0 Å². The number of hydrogen-bond acceptors (Lipinski definition) is 5. The molecule has 0 radical (unpaired) electrons. The number of sulfonamides is 1. The van der Waals surface area contributed by atoms with Gasteiger partial charge in [0.2, 0.25) is 0 Å². The lowest BCUT2D eigenvalue weighted by Gasteiger charge is -2.27. The molecule has 0 aromatic carbocycles. The van der Waals surface area contributed by atoms with E-state index >= 15 is 0 Å². The third-order valence-corrected chi connectivity index (χ3v) is 4.98. The summed E-state index contributed by atoms with van der Waals surface area (Å²) in [7, 11) is -3.37. The van der Waals surface area contributed by atoms with Crippen molar-refractivity contribution in [1.29, 1.82) is 0 Å². The molecule has 1 fully saturated rings.